The van der Waals surface area contributed by atoms with E-state index in [4.69, 9.17) is 5.73 Å². The molecule has 4 N–H and O–H groups in total. The number of hydrogen-bond donors (Lipinski definition) is 3. The first-order valence-electron chi connectivity index (χ1n) is 6.81. The van der Waals surface area contributed by atoms with Crippen molar-refractivity contribution in [1.29, 1.82) is 0 Å². The van der Waals surface area contributed by atoms with Crippen molar-refractivity contribution in [3.63, 3.8) is 0 Å². The highest BCUT2D eigenvalue weighted by Gasteiger charge is 2.13. The van der Waals surface area contributed by atoms with Gasteiger partial charge in [0.05, 0.1) is 5.56 Å². The molecule has 0 atom stereocenters. The van der Waals surface area contributed by atoms with Gasteiger partial charge in [-0.2, -0.15) is 0 Å². The highest BCUT2D eigenvalue weighted by molar-refractivity contribution is 6.09. The number of nitrogens with zero attached hydrogens (tertiary/aromatic N) is 1. The van der Waals surface area contributed by atoms with Crippen molar-refractivity contribution in [2.24, 2.45) is 5.73 Å². The molecule has 2 aromatic rings. The Morgan fingerprint density at radius 1 is 1.24 bits per heavy atom. The lowest BCUT2D eigenvalue weighted by Crippen LogP contribution is -2.28. The van der Waals surface area contributed by atoms with Gasteiger partial charge in [-0.1, -0.05) is 24.3 Å². The molecule has 0 fully saturated rings. The highest BCUT2D eigenvalue weighted by atomic mass is 16.2. The molecule has 0 bridgehead atoms. The molecule has 1 heterocycles. The minimum atomic E-state index is -0.444. The average Bonchev–Trinajstić information content (AvgIpc) is 2.47. The second kappa shape index (κ2) is 6.69. The van der Waals surface area contributed by atoms with Crippen molar-refractivity contribution in [3.8, 4) is 0 Å². The summed E-state index contributed by atoms with van der Waals surface area (Å²) in [6.07, 6.45) is 1.66. The molecule has 21 heavy (non-hydrogen) atoms. The van der Waals surface area contributed by atoms with Gasteiger partial charge in [-0.15, -0.1) is 0 Å². The molecule has 0 saturated carbocycles. The molecule has 110 valence electrons. The van der Waals surface area contributed by atoms with Crippen molar-refractivity contribution < 1.29 is 9.59 Å². The van der Waals surface area contributed by atoms with E-state index in [0.29, 0.717) is 5.56 Å². The minimum absolute atomic E-state index is 0.118. The summed E-state index contributed by atoms with van der Waals surface area (Å²) in [7, 11) is 0. The molecule has 0 saturated heterocycles. The lowest BCUT2D eigenvalue weighted by molar-refractivity contribution is -0.117. The van der Waals surface area contributed by atoms with E-state index in [2.05, 4.69) is 15.6 Å². The maximum atomic E-state index is 12.2. The number of nitrogens with two attached hydrogens (primary N) is 1. The van der Waals surface area contributed by atoms with Crippen LogP contribution in [0.5, 0.6) is 0 Å². The summed E-state index contributed by atoms with van der Waals surface area (Å²) < 4.78 is 0. The van der Waals surface area contributed by atoms with Crippen LogP contribution < -0.4 is 16.4 Å². The van der Waals surface area contributed by atoms with Crippen molar-refractivity contribution in [1.82, 2.24) is 10.3 Å². The lowest BCUT2D eigenvalue weighted by atomic mass is 10.1. The summed E-state index contributed by atoms with van der Waals surface area (Å²) in [5, 5.41) is 7.55. The number of rotatable bonds is 6. The molecule has 0 unspecified atom stereocenters. The molecule has 0 aliphatic carbocycles. The summed E-state index contributed by atoms with van der Waals surface area (Å²) in [5.41, 5.74) is 5.53. The smallest absolute Gasteiger partial charge is 0.253 e. The van der Waals surface area contributed by atoms with Crippen LogP contribution in [-0.2, 0) is 4.79 Å². The van der Waals surface area contributed by atoms with Crippen LogP contribution >= 0.6 is 0 Å². The van der Waals surface area contributed by atoms with Gasteiger partial charge in [-0.05, 0) is 12.3 Å². The first-order valence-corrected chi connectivity index (χ1v) is 6.81. The minimum Gasteiger partial charge on any atom is -0.370 e. The van der Waals surface area contributed by atoms with Crippen LogP contribution in [0, 0.1) is 0 Å². The number of aromatic nitrogens is 1. The van der Waals surface area contributed by atoms with Crippen LogP contribution in [0.2, 0.25) is 0 Å². The molecule has 1 aromatic carbocycles. The number of anilines is 1. The summed E-state index contributed by atoms with van der Waals surface area (Å²) in [6.45, 7) is 2.96. The van der Waals surface area contributed by atoms with Crippen LogP contribution in [0.25, 0.3) is 10.8 Å². The number of carbonyl (C=O) groups is 2. The lowest BCUT2D eigenvalue weighted by Gasteiger charge is -2.11. The molecule has 0 radical (unpaired) electrons. The van der Waals surface area contributed by atoms with Gasteiger partial charge < -0.3 is 16.4 Å². The standard InChI is InChI=1S/C15H18N4O2/c1-2-17-14-11-6-4-3-5-10(11)12(9-19-14)15(21)18-8-7-13(16)20/h3-6,9H,2,7-8H2,1H3,(H2,16,20)(H,17,19)(H,18,21). The van der Waals surface area contributed by atoms with Gasteiger partial charge in [0.1, 0.15) is 5.82 Å². The monoisotopic (exact) mass is 286 g/mol. The summed E-state index contributed by atoms with van der Waals surface area (Å²) in [5.74, 6) is 0.0468. The number of nitrogens with one attached hydrogen (secondary N) is 2. The number of amides is 2. The summed E-state index contributed by atoms with van der Waals surface area (Å²) in [6, 6.07) is 7.57. The fraction of sp³-hybridized carbons (Fsp3) is 0.267. The van der Waals surface area contributed by atoms with Crippen molar-refractivity contribution in [3.05, 3.63) is 36.0 Å². The topological polar surface area (TPSA) is 97.1 Å². The van der Waals surface area contributed by atoms with E-state index in [1.54, 1.807) is 6.20 Å². The number of pyridine rings is 1. The third-order valence-corrected chi connectivity index (χ3v) is 3.04. The molecule has 0 spiro atoms. The van der Waals surface area contributed by atoms with Crippen LogP contribution in [0.3, 0.4) is 0 Å². The van der Waals surface area contributed by atoms with Gasteiger partial charge in [0, 0.05) is 31.1 Å². The normalized spacial score (nSPS) is 10.3. The Balaban J connectivity index is 2.30. The number of hydrogen-bond acceptors (Lipinski definition) is 4. The zero-order valence-corrected chi connectivity index (χ0v) is 11.8. The second-order valence-electron chi connectivity index (χ2n) is 4.57. The molecule has 6 heteroatoms. The number of fused-ring (bicyclic) bond motifs is 1. The number of benzene rings is 1. The first-order chi connectivity index (χ1) is 10.1. The van der Waals surface area contributed by atoms with E-state index in [1.165, 1.54) is 0 Å². The van der Waals surface area contributed by atoms with E-state index < -0.39 is 5.91 Å². The van der Waals surface area contributed by atoms with Crippen LogP contribution in [-0.4, -0.2) is 29.9 Å². The summed E-state index contributed by atoms with van der Waals surface area (Å²) in [4.78, 5) is 27.2. The molecule has 1 aromatic heterocycles. The zero-order chi connectivity index (χ0) is 15.2. The Labute approximate surface area is 122 Å². The average molecular weight is 286 g/mol. The molecule has 0 aliphatic heterocycles. The Bertz CT molecular complexity index is 670. The van der Waals surface area contributed by atoms with Gasteiger partial charge in [0.15, 0.2) is 0 Å². The van der Waals surface area contributed by atoms with Gasteiger partial charge in [0.25, 0.3) is 5.91 Å². The van der Waals surface area contributed by atoms with E-state index in [0.717, 1.165) is 23.1 Å². The predicted octanol–water partition coefficient (Wildman–Crippen LogP) is 1.27. The van der Waals surface area contributed by atoms with Gasteiger partial charge in [0.2, 0.25) is 5.91 Å². The van der Waals surface area contributed by atoms with Crippen LogP contribution in [0.1, 0.15) is 23.7 Å². The molecule has 2 rings (SSSR count). The van der Waals surface area contributed by atoms with Gasteiger partial charge >= 0.3 is 0 Å². The van der Waals surface area contributed by atoms with E-state index in [-0.39, 0.29) is 18.9 Å². The summed E-state index contributed by atoms with van der Waals surface area (Å²) >= 11 is 0. The van der Waals surface area contributed by atoms with Crippen LogP contribution in [0.4, 0.5) is 5.82 Å². The Kier molecular flexibility index (Phi) is 4.71. The molecule has 2 amide bonds. The Morgan fingerprint density at radius 2 is 1.95 bits per heavy atom. The maximum Gasteiger partial charge on any atom is 0.253 e. The van der Waals surface area contributed by atoms with Crippen molar-refractivity contribution >= 4 is 28.4 Å². The highest BCUT2D eigenvalue weighted by Crippen LogP contribution is 2.24. The van der Waals surface area contributed by atoms with Crippen molar-refractivity contribution in [2.45, 2.75) is 13.3 Å². The van der Waals surface area contributed by atoms with Crippen molar-refractivity contribution in [2.75, 3.05) is 18.4 Å². The number of carbonyl (C=O) groups excluding carboxylic acids is 2. The number of primary amides is 1. The molecular weight excluding hydrogens is 268 g/mol. The second-order valence-corrected chi connectivity index (χ2v) is 4.57. The third kappa shape index (κ3) is 3.47. The fourth-order valence-corrected chi connectivity index (χ4v) is 2.08. The molecule has 6 nitrogen and oxygen atoms in total. The molecular formula is C15H18N4O2. The Hall–Kier alpha value is -2.63. The van der Waals surface area contributed by atoms with Gasteiger partial charge in [-0.25, -0.2) is 4.98 Å². The SMILES string of the molecule is CCNc1ncc(C(=O)NCCC(N)=O)c2ccccc12. The van der Waals surface area contributed by atoms with E-state index in [9.17, 15) is 9.59 Å². The quantitative estimate of drug-likeness (QED) is 0.745. The maximum absolute atomic E-state index is 12.2. The van der Waals surface area contributed by atoms with Gasteiger partial charge in [-0.3, -0.25) is 9.59 Å². The van der Waals surface area contributed by atoms with E-state index in [1.807, 2.05) is 31.2 Å². The first kappa shape index (κ1) is 14.8. The zero-order valence-electron chi connectivity index (χ0n) is 11.8. The Morgan fingerprint density at radius 3 is 2.62 bits per heavy atom. The molecule has 0 aliphatic rings. The third-order valence-electron chi connectivity index (χ3n) is 3.04. The fourth-order valence-electron chi connectivity index (χ4n) is 2.08. The van der Waals surface area contributed by atoms with E-state index >= 15 is 0 Å². The predicted molar refractivity (Wildman–Crippen MR) is 82.1 cm³/mol. The largest absolute Gasteiger partial charge is 0.370 e. The van der Waals surface area contributed by atoms with Crippen LogP contribution in [0.15, 0.2) is 30.5 Å².